The number of aromatic nitrogens is 1. The molecule has 1 fully saturated rings. The predicted molar refractivity (Wildman–Crippen MR) is 69.5 cm³/mol. The van der Waals surface area contributed by atoms with Crippen molar-refractivity contribution < 1.29 is 26.3 Å². The summed E-state index contributed by atoms with van der Waals surface area (Å²) in [6.07, 6.45) is -7.00. The Bertz CT molecular complexity index is 576. The minimum atomic E-state index is -4.94. The van der Waals surface area contributed by atoms with Crippen LogP contribution >= 0.6 is 0 Å². The minimum Gasteiger partial charge on any atom is -0.350 e. The summed E-state index contributed by atoms with van der Waals surface area (Å²) < 4.78 is 77.7. The Kier molecular flexibility index (Phi) is 4.14. The Labute approximate surface area is 123 Å². The van der Waals surface area contributed by atoms with Gasteiger partial charge in [-0.3, -0.25) is 0 Å². The molecular weight excluding hydrogens is 310 g/mol. The van der Waals surface area contributed by atoms with E-state index < -0.39 is 23.6 Å². The average molecular weight is 324 g/mol. The van der Waals surface area contributed by atoms with Gasteiger partial charge in [0, 0.05) is 18.2 Å². The van der Waals surface area contributed by atoms with Crippen molar-refractivity contribution in [2.45, 2.75) is 38.2 Å². The molecule has 22 heavy (non-hydrogen) atoms. The molecule has 1 aliphatic heterocycles. The fourth-order valence-electron chi connectivity index (χ4n) is 2.62. The molecular formula is C14H14F6N2. The molecule has 0 saturated carbocycles. The zero-order valence-corrected chi connectivity index (χ0v) is 11.7. The minimum absolute atomic E-state index is 0.0673. The van der Waals surface area contributed by atoms with Crippen LogP contribution in [0.15, 0.2) is 18.7 Å². The monoisotopic (exact) mass is 324 g/mol. The Balaban J connectivity index is 2.64. The number of hydrogen-bond donors (Lipinski definition) is 0. The van der Waals surface area contributed by atoms with Gasteiger partial charge in [0.1, 0.15) is 11.5 Å². The molecule has 1 unspecified atom stereocenters. The van der Waals surface area contributed by atoms with Crippen LogP contribution in [0.25, 0.3) is 0 Å². The van der Waals surface area contributed by atoms with Gasteiger partial charge < -0.3 is 4.90 Å². The van der Waals surface area contributed by atoms with E-state index in [1.807, 2.05) is 0 Å². The third-order valence-corrected chi connectivity index (χ3v) is 3.69. The lowest BCUT2D eigenvalue weighted by Gasteiger charge is -2.27. The van der Waals surface area contributed by atoms with Gasteiger partial charge in [0.2, 0.25) is 0 Å². The van der Waals surface area contributed by atoms with Crippen LogP contribution in [-0.4, -0.2) is 17.6 Å². The summed E-state index contributed by atoms with van der Waals surface area (Å²) in [5.74, 6) is -0.274. The lowest BCUT2D eigenvalue weighted by molar-refractivity contribution is -0.145. The summed E-state index contributed by atoms with van der Waals surface area (Å²) in [5, 5.41) is 0. The first-order valence-corrected chi connectivity index (χ1v) is 6.61. The predicted octanol–water partition coefficient (Wildman–Crippen LogP) is 4.58. The molecule has 1 atom stereocenters. The highest BCUT2D eigenvalue weighted by atomic mass is 19.4. The van der Waals surface area contributed by atoms with Crippen LogP contribution < -0.4 is 4.90 Å². The molecule has 8 heteroatoms. The van der Waals surface area contributed by atoms with Crippen molar-refractivity contribution in [2.75, 3.05) is 11.4 Å². The van der Waals surface area contributed by atoms with E-state index in [1.165, 1.54) is 11.0 Å². The molecule has 0 N–H and O–H groups in total. The van der Waals surface area contributed by atoms with Gasteiger partial charge >= 0.3 is 12.4 Å². The zero-order chi connectivity index (χ0) is 16.7. The third-order valence-electron chi connectivity index (χ3n) is 3.69. The van der Waals surface area contributed by atoms with Crippen LogP contribution in [0, 0.1) is 6.92 Å². The van der Waals surface area contributed by atoms with Crippen LogP contribution in [-0.2, 0) is 12.4 Å². The van der Waals surface area contributed by atoms with E-state index in [9.17, 15) is 26.3 Å². The molecule has 0 radical (unpaired) electrons. The highest BCUT2D eigenvalue weighted by Crippen LogP contribution is 2.40. The summed E-state index contributed by atoms with van der Waals surface area (Å²) in [6, 6.07) is -0.242. The SMILES string of the molecule is C=CC1CCCN1c1nc(C(F)(F)F)cc(C(F)(F)F)c1C. The van der Waals surface area contributed by atoms with E-state index in [0.717, 1.165) is 6.92 Å². The van der Waals surface area contributed by atoms with Crippen LogP contribution in [0.4, 0.5) is 32.2 Å². The number of anilines is 1. The maximum atomic E-state index is 13.0. The molecule has 2 nitrogen and oxygen atoms in total. The van der Waals surface area contributed by atoms with Crippen LogP contribution in [0.3, 0.4) is 0 Å². The molecule has 0 bridgehead atoms. The molecule has 2 rings (SSSR count). The number of hydrogen-bond acceptors (Lipinski definition) is 2. The summed E-state index contributed by atoms with van der Waals surface area (Å²) >= 11 is 0. The van der Waals surface area contributed by atoms with Gasteiger partial charge in [0.05, 0.1) is 5.56 Å². The Morgan fingerprint density at radius 1 is 1.23 bits per heavy atom. The number of nitrogens with zero attached hydrogens (tertiary/aromatic N) is 2. The van der Waals surface area contributed by atoms with Crippen LogP contribution in [0.1, 0.15) is 29.7 Å². The van der Waals surface area contributed by atoms with Gasteiger partial charge in [-0.1, -0.05) is 6.08 Å². The zero-order valence-electron chi connectivity index (χ0n) is 11.7. The van der Waals surface area contributed by atoms with E-state index in [0.29, 0.717) is 19.4 Å². The van der Waals surface area contributed by atoms with Gasteiger partial charge in [0.15, 0.2) is 0 Å². The number of pyridine rings is 1. The van der Waals surface area contributed by atoms with Crippen molar-refractivity contribution in [2.24, 2.45) is 0 Å². The standard InChI is InChI=1S/C14H14F6N2/c1-3-9-5-4-6-22(9)12-8(2)10(13(15,16)17)7-11(21-12)14(18,19)20/h3,7,9H,1,4-6H2,2H3. The first-order chi connectivity index (χ1) is 10.1. The van der Waals surface area contributed by atoms with Crippen molar-refractivity contribution >= 4 is 5.82 Å². The van der Waals surface area contributed by atoms with E-state index in [2.05, 4.69) is 11.6 Å². The maximum absolute atomic E-state index is 13.0. The fraction of sp³-hybridized carbons (Fsp3) is 0.500. The van der Waals surface area contributed by atoms with Gasteiger partial charge in [-0.05, 0) is 25.8 Å². The quantitative estimate of drug-likeness (QED) is 0.585. The first kappa shape index (κ1) is 16.6. The van der Waals surface area contributed by atoms with Crippen LogP contribution in [0.5, 0.6) is 0 Å². The molecule has 0 spiro atoms. The van der Waals surface area contributed by atoms with E-state index in [-0.39, 0.29) is 23.5 Å². The van der Waals surface area contributed by atoms with Crippen molar-refractivity contribution in [1.82, 2.24) is 4.98 Å². The number of alkyl halides is 6. The molecule has 1 aliphatic rings. The largest absolute Gasteiger partial charge is 0.433 e. The lowest BCUT2D eigenvalue weighted by Crippen LogP contribution is -2.30. The third kappa shape index (κ3) is 3.05. The fourth-order valence-corrected chi connectivity index (χ4v) is 2.62. The highest BCUT2D eigenvalue weighted by molar-refractivity contribution is 5.54. The van der Waals surface area contributed by atoms with Crippen molar-refractivity contribution in [3.63, 3.8) is 0 Å². The molecule has 0 aromatic carbocycles. The summed E-state index contributed by atoms with van der Waals surface area (Å²) in [7, 11) is 0. The smallest absolute Gasteiger partial charge is 0.350 e. The Hall–Kier alpha value is -1.73. The van der Waals surface area contributed by atoms with Gasteiger partial charge in [0.25, 0.3) is 0 Å². The molecule has 1 saturated heterocycles. The second-order valence-corrected chi connectivity index (χ2v) is 5.14. The van der Waals surface area contributed by atoms with Gasteiger partial charge in [-0.25, -0.2) is 4.98 Å². The summed E-state index contributed by atoms with van der Waals surface area (Å²) in [6.45, 7) is 5.07. The van der Waals surface area contributed by atoms with Gasteiger partial charge in [-0.2, -0.15) is 26.3 Å². The van der Waals surface area contributed by atoms with Gasteiger partial charge in [-0.15, -0.1) is 6.58 Å². The second-order valence-electron chi connectivity index (χ2n) is 5.14. The average Bonchev–Trinajstić information content (AvgIpc) is 2.84. The Morgan fingerprint density at radius 2 is 1.86 bits per heavy atom. The van der Waals surface area contributed by atoms with Crippen molar-refractivity contribution in [3.05, 3.63) is 35.5 Å². The molecule has 122 valence electrons. The topological polar surface area (TPSA) is 16.1 Å². The van der Waals surface area contributed by atoms with E-state index in [4.69, 9.17) is 0 Å². The van der Waals surface area contributed by atoms with E-state index >= 15 is 0 Å². The molecule has 0 amide bonds. The molecule has 2 heterocycles. The van der Waals surface area contributed by atoms with Crippen LogP contribution in [0.2, 0.25) is 0 Å². The second kappa shape index (κ2) is 5.48. The normalized spacial score (nSPS) is 19.6. The summed E-state index contributed by atoms with van der Waals surface area (Å²) in [5.41, 5.74) is -3.14. The maximum Gasteiger partial charge on any atom is 0.433 e. The molecule has 1 aromatic rings. The number of rotatable bonds is 2. The van der Waals surface area contributed by atoms with Crippen molar-refractivity contribution in [1.29, 1.82) is 0 Å². The summed E-state index contributed by atoms with van der Waals surface area (Å²) in [4.78, 5) is 4.90. The first-order valence-electron chi connectivity index (χ1n) is 6.61. The lowest BCUT2D eigenvalue weighted by atomic mass is 10.1. The van der Waals surface area contributed by atoms with E-state index in [1.54, 1.807) is 0 Å². The molecule has 1 aromatic heterocycles. The molecule has 0 aliphatic carbocycles. The highest BCUT2D eigenvalue weighted by Gasteiger charge is 2.41. The number of halogens is 6. The Morgan fingerprint density at radius 3 is 2.36 bits per heavy atom. The van der Waals surface area contributed by atoms with Crippen molar-refractivity contribution in [3.8, 4) is 0 Å².